The minimum atomic E-state index is -4.10. The van der Waals surface area contributed by atoms with Crippen molar-refractivity contribution < 1.29 is 21.6 Å². The van der Waals surface area contributed by atoms with E-state index in [0.717, 1.165) is 6.07 Å². The van der Waals surface area contributed by atoms with Crippen molar-refractivity contribution in [2.75, 3.05) is 13.1 Å². The lowest BCUT2D eigenvalue weighted by Gasteiger charge is -2.18. The molecule has 5 nitrogen and oxygen atoms in total. The van der Waals surface area contributed by atoms with Crippen LogP contribution in [0.1, 0.15) is 17.3 Å². The highest BCUT2D eigenvalue weighted by atomic mass is 32.2. The van der Waals surface area contributed by atoms with E-state index in [9.17, 15) is 21.6 Å². The predicted molar refractivity (Wildman–Crippen MR) is 71.7 cm³/mol. The smallest absolute Gasteiger partial charge is 0.236 e. The van der Waals surface area contributed by atoms with E-state index in [1.807, 2.05) is 0 Å². The van der Waals surface area contributed by atoms with Gasteiger partial charge in [-0.25, -0.2) is 21.6 Å². The molecule has 0 aliphatic heterocycles. The van der Waals surface area contributed by atoms with Crippen LogP contribution in [0.3, 0.4) is 0 Å². The summed E-state index contributed by atoms with van der Waals surface area (Å²) >= 11 is 0. The fourth-order valence-electron chi connectivity index (χ4n) is 1.77. The summed E-state index contributed by atoms with van der Waals surface area (Å²) in [5, 5.41) is 17.2. The van der Waals surface area contributed by atoms with Gasteiger partial charge in [0, 0.05) is 0 Å². The van der Waals surface area contributed by atoms with Crippen LogP contribution in [0.25, 0.3) is 0 Å². The van der Waals surface area contributed by atoms with Gasteiger partial charge in [0.1, 0.15) is 13.1 Å². The highest BCUT2D eigenvalue weighted by Crippen LogP contribution is 2.29. The second-order valence-corrected chi connectivity index (χ2v) is 6.24. The monoisotopic (exact) mass is 331 g/mol. The third-order valence-corrected chi connectivity index (χ3v) is 4.52. The Morgan fingerprint density at radius 3 is 2.14 bits per heavy atom. The Morgan fingerprint density at radius 1 is 1.09 bits per heavy atom. The van der Waals surface area contributed by atoms with E-state index < -0.39 is 47.0 Å². The molecule has 0 aromatic heterocycles. The molecule has 0 N–H and O–H groups in total. The zero-order chi connectivity index (χ0) is 16.8. The van der Waals surface area contributed by atoms with E-state index >= 15 is 0 Å². The summed E-state index contributed by atoms with van der Waals surface area (Å²) in [5.41, 5.74) is -0.550. The molecule has 0 spiro atoms. The van der Waals surface area contributed by atoms with E-state index in [-0.39, 0.29) is 5.56 Å². The number of sulfonamides is 1. The minimum Gasteiger partial charge on any atom is -0.236 e. The zero-order valence-electron chi connectivity index (χ0n) is 11.3. The largest absolute Gasteiger partial charge is 0.273 e. The molecule has 0 saturated carbocycles. The lowest BCUT2D eigenvalue weighted by atomic mass is 10.0. The Morgan fingerprint density at radius 2 is 1.64 bits per heavy atom. The summed E-state index contributed by atoms with van der Waals surface area (Å²) in [6, 6.07) is 8.22. The molecule has 0 bridgehead atoms. The van der Waals surface area contributed by atoms with Crippen LogP contribution in [0.15, 0.2) is 24.3 Å². The fourth-order valence-corrected chi connectivity index (χ4v) is 3.12. The van der Waals surface area contributed by atoms with Crippen molar-refractivity contribution >= 4 is 10.0 Å². The molecule has 1 atom stereocenters. The van der Waals surface area contributed by atoms with E-state index in [2.05, 4.69) is 0 Å². The average molecular weight is 331 g/mol. The van der Waals surface area contributed by atoms with Crippen LogP contribution in [-0.4, -0.2) is 32.2 Å². The first-order valence-electron chi connectivity index (χ1n) is 6.05. The van der Waals surface area contributed by atoms with Gasteiger partial charge in [-0.15, -0.1) is 0 Å². The quantitative estimate of drug-likeness (QED) is 0.717. The third-order valence-electron chi connectivity index (χ3n) is 2.80. The van der Waals surface area contributed by atoms with Crippen molar-refractivity contribution in [3.8, 4) is 12.1 Å². The topological polar surface area (TPSA) is 85.0 Å². The molecular formula is C13H12F3N3O2S. The molecule has 1 aromatic rings. The molecule has 0 aliphatic carbocycles. The Labute approximate surface area is 126 Å². The molecule has 1 unspecified atom stereocenters. The maximum Gasteiger partial charge on any atom is 0.273 e. The Kier molecular flexibility index (Phi) is 6.35. The standard InChI is InChI=1S/C13H12F3N3O2S/c14-12(13(15)16)11-4-2-1-3-10(11)9-22(20,21)19(7-5-17)8-6-18/h1-4,12-13H,7-9H2. The molecule has 118 valence electrons. The van der Waals surface area contributed by atoms with E-state index in [4.69, 9.17) is 10.5 Å². The molecule has 0 radical (unpaired) electrons. The predicted octanol–water partition coefficient (Wildman–Crippen LogP) is 2.14. The van der Waals surface area contributed by atoms with E-state index in [1.54, 1.807) is 12.1 Å². The van der Waals surface area contributed by atoms with Crippen LogP contribution >= 0.6 is 0 Å². The summed E-state index contributed by atoms with van der Waals surface area (Å²) in [7, 11) is -4.10. The summed E-state index contributed by atoms with van der Waals surface area (Å²) in [6.45, 7) is -1.10. The van der Waals surface area contributed by atoms with Crippen molar-refractivity contribution in [1.29, 1.82) is 10.5 Å². The average Bonchev–Trinajstić information content (AvgIpc) is 2.46. The molecule has 1 rings (SSSR count). The van der Waals surface area contributed by atoms with Crippen LogP contribution in [0.2, 0.25) is 0 Å². The Bertz CT molecular complexity index is 679. The molecule has 0 heterocycles. The van der Waals surface area contributed by atoms with Gasteiger partial charge in [0.05, 0.1) is 17.9 Å². The minimum absolute atomic E-state index is 0.129. The molecule has 0 aliphatic rings. The molecule has 0 fully saturated rings. The van der Waals surface area contributed by atoms with Crippen molar-refractivity contribution in [1.82, 2.24) is 4.31 Å². The summed E-state index contributed by atoms with van der Waals surface area (Å²) in [4.78, 5) is 0. The molecule has 1 aromatic carbocycles. The summed E-state index contributed by atoms with van der Waals surface area (Å²) in [5.74, 6) is -0.764. The number of hydrogen-bond acceptors (Lipinski definition) is 4. The van der Waals surface area contributed by atoms with Crippen molar-refractivity contribution in [2.45, 2.75) is 18.3 Å². The lowest BCUT2D eigenvalue weighted by molar-refractivity contribution is 0.0492. The maximum absolute atomic E-state index is 13.5. The molecule has 0 amide bonds. The van der Waals surface area contributed by atoms with Crippen LogP contribution in [0, 0.1) is 22.7 Å². The number of rotatable bonds is 7. The molecule has 22 heavy (non-hydrogen) atoms. The Balaban J connectivity index is 3.14. The van der Waals surface area contributed by atoms with Crippen LogP contribution < -0.4 is 0 Å². The number of nitriles is 2. The Hall–Kier alpha value is -2.10. The zero-order valence-corrected chi connectivity index (χ0v) is 12.1. The van der Waals surface area contributed by atoms with Crippen molar-refractivity contribution in [3.63, 3.8) is 0 Å². The van der Waals surface area contributed by atoms with Gasteiger partial charge in [-0.2, -0.15) is 14.8 Å². The van der Waals surface area contributed by atoms with E-state index in [1.165, 1.54) is 18.2 Å². The highest BCUT2D eigenvalue weighted by Gasteiger charge is 2.28. The molecule has 0 saturated heterocycles. The first-order chi connectivity index (χ1) is 10.3. The SMILES string of the molecule is N#CCN(CC#N)S(=O)(=O)Cc1ccccc1C(F)C(F)F. The number of benzene rings is 1. The summed E-state index contributed by atoms with van der Waals surface area (Å²) in [6.07, 6.45) is -5.88. The van der Waals surface area contributed by atoms with Gasteiger partial charge in [-0.1, -0.05) is 24.3 Å². The number of alkyl halides is 3. The van der Waals surface area contributed by atoms with Gasteiger partial charge in [0.15, 0.2) is 6.17 Å². The lowest BCUT2D eigenvalue weighted by Crippen LogP contribution is -2.33. The maximum atomic E-state index is 13.5. The molecule has 9 heteroatoms. The van der Waals surface area contributed by atoms with Gasteiger partial charge in [0.2, 0.25) is 10.0 Å². The van der Waals surface area contributed by atoms with Crippen molar-refractivity contribution in [3.05, 3.63) is 35.4 Å². The van der Waals surface area contributed by atoms with E-state index in [0.29, 0.717) is 4.31 Å². The van der Waals surface area contributed by atoms with Crippen LogP contribution in [0.4, 0.5) is 13.2 Å². The first kappa shape index (κ1) is 18.0. The van der Waals surface area contributed by atoms with Crippen LogP contribution in [-0.2, 0) is 15.8 Å². The van der Waals surface area contributed by atoms with Crippen molar-refractivity contribution in [2.24, 2.45) is 0 Å². The van der Waals surface area contributed by atoms with Crippen LogP contribution in [0.5, 0.6) is 0 Å². The van der Waals surface area contributed by atoms with Gasteiger partial charge >= 0.3 is 0 Å². The van der Waals surface area contributed by atoms with Gasteiger partial charge in [0.25, 0.3) is 6.43 Å². The number of nitrogens with zero attached hydrogens (tertiary/aromatic N) is 3. The van der Waals surface area contributed by atoms with Gasteiger partial charge in [-0.3, -0.25) is 0 Å². The number of halogens is 3. The van der Waals surface area contributed by atoms with Gasteiger partial charge in [-0.05, 0) is 11.1 Å². The second kappa shape index (κ2) is 7.78. The highest BCUT2D eigenvalue weighted by molar-refractivity contribution is 7.88. The normalized spacial score (nSPS) is 12.9. The fraction of sp³-hybridized carbons (Fsp3) is 0.385. The first-order valence-corrected chi connectivity index (χ1v) is 7.66. The van der Waals surface area contributed by atoms with Gasteiger partial charge < -0.3 is 0 Å². The second-order valence-electron chi connectivity index (χ2n) is 4.28. The number of hydrogen-bond donors (Lipinski definition) is 0. The third kappa shape index (κ3) is 4.45. The summed E-state index contributed by atoms with van der Waals surface area (Å²) < 4.78 is 63.4. The molecular weight excluding hydrogens is 319 g/mol.